The van der Waals surface area contributed by atoms with Gasteiger partial charge in [-0.2, -0.15) is 5.26 Å². The van der Waals surface area contributed by atoms with Crippen molar-refractivity contribution in [3.8, 4) is 28.3 Å². The van der Waals surface area contributed by atoms with Gasteiger partial charge in [0.05, 0.1) is 12.2 Å². The highest BCUT2D eigenvalue weighted by molar-refractivity contribution is 5.98. The van der Waals surface area contributed by atoms with Gasteiger partial charge in [-0.15, -0.1) is 0 Å². The Hall–Kier alpha value is -3.32. The van der Waals surface area contributed by atoms with Gasteiger partial charge in [-0.05, 0) is 42.0 Å². The summed E-state index contributed by atoms with van der Waals surface area (Å²) < 4.78 is 7.10. The maximum absolute atomic E-state index is 12.7. The van der Waals surface area contributed by atoms with E-state index in [1.165, 1.54) is 11.1 Å². The van der Waals surface area contributed by atoms with Crippen LogP contribution in [-0.4, -0.2) is 17.1 Å². The largest absolute Gasteiger partial charge is 0.461 e. The first-order valence-electron chi connectivity index (χ1n) is 10.5. The Balaban J connectivity index is 2.13. The Bertz CT molecular complexity index is 1090. The van der Waals surface area contributed by atoms with Crippen molar-refractivity contribution in [2.24, 2.45) is 7.05 Å². The second-order valence-corrected chi connectivity index (χ2v) is 7.27. The molecule has 0 atom stereocenters. The normalized spacial score (nSPS) is 10.6. The topological polar surface area (TPSA) is 55.0 Å². The van der Waals surface area contributed by atoms with Crippen molar-refractivity contribution in [1.82, 2.24) is 4.57 Å². The van der Waals surface area contributed by atoms with Crippen LogP contribution in [0.25, 0.3) is 22.3 Å². The molecule has 0 aliphatic carbocycles. The van der Waals surface area contributed by atoms with Crippen molar-refractivity contribution in [2.45, 2.75) is 40.0 Å². The molecule has 0 bridgehead atoms. The number of ether oxygens (including phenoxy) is 1. The number of benzene rings is 2. The Morgan fingerprint density at radius 1 is 1.03 bits per heavy atom. The van der Waals surface area contributed by atoms with Crippen LogP contribution in [0.1, 0.15) is 54.5 Å². The van der Waals surface area contributed by atoms with Gasteiger partial charge in [0.1, 0.15) is 11.8 Å². The monoisotopic (exact) mass is 400 g/mol. The molecular formula is C26H28N2O2. The molecule has 30 heavy (non-hydrogen) atoms. The number of aryl methyl sites for hydroxylation is 1. The van der Waals surface area contributed by atoms with E-state index < -0.39 is 5.97 Å². The van der Waals surface area contributed by atoms with Crippen LogP contribution in [0.4, 0.5) is 0 Å². The molecule has 0 saturated heterocycles. The van der Waals surface area contributed by atoms with Crippen molar-refractivity contribution < 1.29 is 9.53 Å². The van der Waals surface area contributed by atoms with Crippen LogP contribution in [0, 0.1) is 11.3 Å². The maximum Gasteiger partial charge on any atom is 0.355 e. The van der Waals surface area contributed by atoms with Crippen molar-refractivity contribution in [3.63, 3.8) is 0 Å². The molecule has 0 amide bonds. The summed E-state index contributed by atoms with van der Waals surface area (Å²) in [6.45, 7) is 6.25. The third kappa shape index (κ3) is 3.89. The zero-order valence-corrected chi connectivity index (χ0v) is 18.2. The molecule has 0 aliphatic rings. The lowest BCUT2D eigenvalue weighted by Gasteiger charge is -2.11. The van der Waals surface area contributed by atoms with Crippen molar-refractivity contribution in [2.75, 3.05) is 6.61 Å². The Morgan fingerprint density at radius 2 is 1.70 bits per heavy atom. The quantitative estimate of drug-likeness (QED) is 0.462. The van der Waals surface area contributed by atoms with E-state index in [1.54, 1.807) is 11.5 Å². The standard InChI is InChI=1S/C26H28N2O2/c1-5-10-18-11-8-9-12-21(18)19-13-15-20(16-14-19)24-22(17-27)23(6-2)28(4)25(24)26(29)30-7-3/h8-9,11-16H,5-7,10H2,1-4H3. The number of nitriles is 1. The minimum atomic E-state index is -0.399. The highest BCUT2D eigenvalue weighted by Crippen LogP contribution is 2.35. The van der Waals surface area contributed by atoms with E-state index in [9.17, 15) is 10.1 Å². The second-order valence-electron chi connectivity index (χ2n) is 7.27. The van der Waals surface area contributed by atoms with E-state index in [2.05, 4.69) is 49.4 Å². The van der Waals surface area contributed by atoms with Gasteiger partial charge < -0.3 is 9.30 Å². The molecular weight excluding hydrogens is 372 g/mol. The SMILES string of the molecule is CCCc1ccccc1-c1ccc(-c2c(C#N)c(CC)n(C)c2C(=O)OCC)cc1. The smallest absolute Gasteiger partial charge is 0.355 e. The molecule has 0 N–H and O–H groups in total. The predicted molar refractivity (Wildman–Crippen MR) is 120 cm³/mol. The average Bonchev–Trinajstić information content (AvgIpc) is 3.06. The van der Waals surface area contributed by atoms with Gasteiger partial charge in [-0.3, -0.25) is 0 Å². The van der Waals surface area contributed by atoms with Crippen LogP contribution in [0.5, 0.6) is 0 Å². The summed E-state index contributed by atoms with van der Waals surface area (Å²) in [5.41, 5.74) is 7.00. The molecule has 4 nitrogen and oxygen atoms in total. The van der Waals surface area contributed by atoms with Gasteiger partial charge in [-0.25, -0.2) is 4.79 Å². The lowest BCUT2D eigenvalue weighted by atomic mass is 9.94. The second kappa shape index (κ2) is 9.45. The fraction of sp³-hybridized carbons (Fsp3) is 0.308. The first-order valence-corrected chi connectivity index (χ1v) is 10.5. The molecule has 4 heteroatoms. The number of hydrogen-bond acceptors (Lipinski definition) is 3. The molecule has 1 aromatic heterocycles. The number of rotatable bonds is 7. The minimum Gasteiger partial charge on any atom is -0.461 e. The van der Waals surface area contributed by atoms with Crippen LogP contribution in [0.3, 0.4) is 0 Å². The first kappa shape index (κ1) is 21.4. The number of nitrogens with zero attached hydrogens (tertiary/aromatic N) is 2. The molecule has 0 fully saturated rings. The fourth-order valence-electron chi connectivity index (χ4n) is 4.09. The molecule has 0 radical (unpaired) electrons. The van der Waals surface area contributed by atoms with Gasteiger partial charge in [-0.1, -0.05) is 68.8 Å². The Kier molecular flexibility index (Phi) is 6.74. The molecule has 0 unspecified atom stereocenters. The van der Waals surface area contributed by atoms with Crippen LogP contribution >= 0.6 is 0 Å². The number of esters is 1. The van der Waals surface area contributed by atoms with Gasteiger partial charge in [0.25, 0.3) is 0 Å². The lowest BCUT2D eigenvalue weighted by molar-refractivity contribution is 0.0516. The van der Waals surface area contributed by atoms with Gasteiger partial charge in [0.15, 0.2) is 0 Å². The maximum atomic E-state index is 12.7. The van der Waals surface area contributed by atoms with Gasteiger partial charge in [0.2, 0.25) is 0 Å². The third-order valence-corrected chi connectivity index (χ3v) is 5.45. The summed E-state index contributed by atoms with van der Waals surface area (Å²) in [4.78, 5) is 12.7. The van der Waals surface area contributed by atoms with E-state index in [0.717, 1.165) is 29.7 Å². The molecule has 154 valence electrons. The zero-order valence-electron chi connectivity index (χ0n) is 18.2. The number of hydrogen-bond donors (Lipinski definition) is 0. The van der Waals surface area contributed by atoms with Gasteiger partial charge in [0, 0.05) is 18.3 Å². The van der Waals surface area contributed by atoms with Crippen LogP contribution in [0.2, 0.25) is 0 Å². The van der Waals surface area contributed by atoms with Gasteiger partial charge >= 0.3 is 5.97 Å². The van der Waals surface area contributed by atoms with Crippen molar-refractivity contribution in [3.05, 3.63) is 71.0 Å². The number of carbonyl (C=O) groups is 1. The molecule has 3 aromatic rings. The van der Waals surface area contributed by atoms with E-state index >= 15 is 0 Å². The summed E-state index contributed by atoms with van der Waals surface area (Å²) in [6, 6.07) is 18.9. The van der Waals surface area contributed by atoms with Crippen LogP contribution < -0.4 is 0 Å². The molecule has 3 rings (SSSR count). The molecule has 0 saturated carbocycles. The fourth-order valence-corrected chi connectivity index (χ4v) is 4.09. The third-order valence-electron chi connectivity index (χ3n) is 5.45. The minimum absolute atomic E-state index is 0.292. The molecule has 0 aliphatic heterocycles. The summed E-state index contributed by atoms with van der Waals surface area (Å²) in [6.07, 6.45) is 2.78. The zero-order chi connectivity index (χ0) is 21.7. The highest BCUT2D eigenvalue weighted by Gasteiger charge is 2.26. The van der Waals surface area contributed by atoms with E-state index in [-0.39, 0.29) is 0 Å². The van der Waals surface area contributed by atoms with Crippen molar-refractivity contribution >= 4 is 5.97 Å². The Labute approximate surface area is 178 Å². The molecule has 1 heterocycles. The Morgan fingerprint density at radius 3 is 2.30 bits per heavy atom. The van der Waals surface area contributed by atoms with Crippen LogP contribution in [-0.2, 0) is 24.6 Å². The summed E-state index contributed by atoms with van der Waals surface area (Å²) in [5, 5.41) is 9.85. The molecule has 2 aromatic carbocycles. The lowest BCUT2D eigenvalue weighted by Crippen LogP contribution is -2.12. The van der Waals surface area contributed by atoms with E-state index in [1.807, 2.05) is 26.1 Å². The predicted octanol–water partition coefficient (Wildman–Crippen LogP) is 5.92. The van der Waals surface area contributed by atoms with E-state index in [0.29, 0.717) is 29.8 Å². The number of aromatic nitrogens is 1. The summed E-state index contributed by atoms with van der Waals surface area (Å²) in [7, 11) is 1.82. The van der Waals surface area contributed by atoms with Crippen molar-refractivity contribution in [1.29, 1.82) is 5.26 Å². The summed E-state index contributed by atoms with van der Waals surface area (Å²) >= 11 is 0. The van der Waals surface area contributed by atoms with Crippen LogP contribution in [0.15, 0.2) is 48.5 Å². The van der Waals surface area contributed by atoms with E-state index in [4.69, 9.17) is 4.74 Å². The average molecular weight is 401 g/mol. The summed E-state index contributed by atoms with van der Waals surface area (Å²) in [5.74, 6) is -0.399. The first-order chi connectivity index (χ1) is 14.6. The highest BCUT2D eigenvalue weighted by atomic mass is 16.5. The molecule has 0 spiro atoms. The number of carbonyl (C=O) groups excluding carboxylic acids is 1.